The van der Waals surface area contributed by atoms with Crippen molar-refractivity contribution in [1.82, 2.24) is 15.5 Å². The molecule has 2 N–H and O–H groups in total. The number of rotatable bonds is 5. The number of ether oxygens (including phenoxy) is 1. The molecule has 0 radical (unpaired) electrons. The summed E-state index contributed by atoms with van der Waals surface area (Å²) in [5, 5.41) is 6.16. The highest BCUT2D eigenvalue weighted by Crippen LogP contribution is 2.32. The van der Waals surface area contributed by atoms with Crippen molar-refractivity contribution in [3.05, 3.63) is 35.1 Å². The lowest BCUT2D eigenvalue weighted by Crippen LogP contribution is -2.51. The summed E-state index contributed by atoms with van der Waals surface area (Å²) in [5.41, 5.74) is -1.07. The molecule has 1 aromatic carbocycles. The smallest absolute Gasteiger partial charge is 0.373 e. The second-order valence-corrected chi connectivity index (χ2v) is 7.12. The first kappa shape index (κ1) is 24.1. The van der Waals surface area contributed by atoms with Gasteiger partial charge < -0.3 is 15.4 Å². The predicted molar refractivity (Wildman–Crippen MR) is 114 cm³/mol. The highest BCUT2D eigenvalue weighted by Gasteiger charge is 2.34. The Balaban J connectivity index is 0.00000300. The molecule has 2 saturated heterocycles. The van der Waals surface area contributed by atoms with Crippen LogP contribution >= 0.6 is 24.0 Å². The van der Waals surface area contributed by atoms with Crippen molar-refractivity contribution in [1.29, 1.82) is 0 Å². The standard InChI is InChI=1S/C19H26F4N4O.HI/c1-2-24-18(26-10-16-11-27-7-3-4-15(27)12-28-16)25-9-13-5-6-14(20)8-17(13)19(21,22)23;/h5-6,8,15-16H,2-4,7,9-12H2,1H3,(H2,24,25,26);1H. The molecule has 0 aliphatic carbocycles. The number of benzene rings is 1. The normalized spacial score (nSPS) is 22.7. The maximum atomic E-state index is 13.2. The van der Waals surface area contributed by atoms with Gasteiger partial charge in [0.2, 0.25) is 0 Å². The van der Waals surface area contributed by atoms with Gasteiger partial charge in [0.25, 0.3) is 0 Å². The highest BCUT2D eigenvalue weighted by molar-refractivity contribution is 14.0. The van der Waals surface area contributed by atoms with E-state index >= 15 is 0 Å². The minimum atomic E-state index is -4.62. The van der Waals surface area contributed by atoms with Crippen LogP contribution in [0.4, 0.5) is 17.6 Å². The number of hydrogen-bond donors (Lipinski definition) is 2. The molecule has 3 rings (SSSR count). The first-order valence-electron chi connectivity index (χ1n) is 9.60. The molecule has 2 aliphatic rings. The Morgan fingerprint density at radius 2 is 2.10 bits per heavy atom. The minimum absolute atomic E-state index is 0. The van der Waals surface area contributed by atoms with Crippen molar-refractivity contribution < 1.29 is 22.3 Å². The molecular weight excluding hydrogens is 503 g/mol. The van der Waals surface area contributed by atoms with Crippen LogP contribution in [0.25, 0.3) is 0 Å². The Bertz CT molecular complexity index is 701. The first-order valence-corrected chi connectivity index (χ1v) is 9.60. The Morgan fingerprint density at radius 3 is 2.83 bits per heavy atom. The Morgan fingerprint density at radius 1 is 1.31 bits per heavy atom. The summed E-state index contributed by atoms with van der Waals surface area (Å²) in [5.74, 6) is -0.508. The number of fused-ring (bicyclic) bond motifs is 1. The summed E-state index contributed by atoms with van der Waals surface area (Å²) in [6.45, 7) is 5.40. The minimum Gasteiger partial charge on any atom is -0.373 e. The van der Waals surface area contributed by atoms with Gasteiger partial charge in [-0.15, -0.1) is 24.0 Å². The Kier molecular flexibility index (Phi) is 8.95. The molecule has 0 aromatic heterocycles. The monoisotopic (exact) mass is 530 g/mol. The quantitative estimate of drug-likeness (QED) is 0.266. The zero-order chi connectivity index (χ0) is 20.1. The van der Waals surface area contributed by atoms with E-state index in [1.165, 1.54) is 12.8 Å². The molecule has 0 amide bonds. The number of aliphatic imine (C=N–C) groups is 1. The summed E-state index contributed by atoms with van der Waals surface area (Å²) < 4.78 is 58.5. The number of guanidine groups is 1. The summed E-state index contributed by atoms with van der Waals surface area (Å²) in [6, 6.07) is 3.16. The molecule has 2 fully saturated rings. The molecule has 2 unspecified atom stereocenters. The third-order valence-electron chi connectivity index (χ3n) is 5.09. The van der Waals surface area contributed by atoms with Crippen LogP contribution in [0.5, 0.6) is 0 Å². The van der Waals surface area contributed by atoms with E-state index in [0.717, 1.165) is 25.2 Å². The first-order chi connectivity index (χ1) is 13.4. The Hall–Kier alpha value is -1.14. The highest BCUT2D eigenvalue weighted by atomic mass is 127. The van der Waals surface area contributed by atoms with Gasteiger partial charge in [-0.2, -0.15) is 13.2 Å². The van der Waals surface area contributed by atoms with E-state index in [-0.39, 0.29) is 42.2 Å². The van der Waals surface area contributed by atoms with E-state index in [9.17, 15) is 17.6 Å². The van der Waals surface area contributed by atoms with Crippen molar-refractivity contribution in [2.75, 3.05) is 32.8 Å². The SMILES string of the molecule is CCNC(=NCc1ccc(F)cc1C(F)(F)F)NCC1CN2CCCC2CO1.I. The maximum absolute atomic E-state index is 13.2. The van der Waals surface area contributed by atoms with Crippen LogP contribution < -0.4 is 10.6 Å². The summed E-state index contributed by atoms with van der Waals surface area (Å²) in [7, 11) is 0. The van der Waals surface area contributed by atoms with Crippen molar-refractivity contribution in [3.63, 3.8) is 0 Å². The number of alkyl halides is 3. The molecule has 1 aromatic rings. The zero-order valence-corrected chi connectivity index (χ0v) is 18.6. The third-order valence-corrected chi connectivity index (χ3v) is 5.09. The average molecular weight is 530 g/mol. The van der Waals surface area contributed by atoms with Gasteiger partial charge >= 0.3 is 6.18 Å². The molecule has 164 valence electrons. The largest absolute Gasteiger partial charge is 0.416 e. The van der Waals surface area contributed by atoms with E-state index in [4.69, 9.17) is 4.74 Å². The van der Waals surface area contributed by atoms with E-state index in [0.29, 0.717) is 37.8 Å². The zero-order valence-electron chi connectivity index (χ0n) is 16.3. The second-order valence-electron chi connectivity index (χ2n) is 7.12. The van der Waals surface area contributed by atoms with E-state index in [1.807, 2.05) is 6.92 Å². The fraction of sp³-hybridized carbons (Fsp3) is 0.632. The van der Waals surface area contributed by atoms with Crippen LogP contribution in [-0.2, 0) is 17.5 Å². The van der Waals surface area contributed by atoms with Gasteiger partial charge in [-0.05, 0) is 44.0 Å². The second kappa shape index (κ2) is 10.8. The fourth-order valence-corrected chi connectivity index (χ4v) is 3.68. The molecule has 10 heteroatoms. The molecule has 0 bridgehead atoms. The third kappa shape index (κ3) is 6.68. The predicted octanol–water partition coefficient (Wildman–Crippen LogP) is 3.38. The number of halogens is 5. The lowest BCUT2D eigenvalue weighted by Gasteiger charge is -2.35. The van der Waals surface area contributed by atoms with Gasteiger partial charge in [-0.25, -0.2) is 9.38 Å². The molecule has 5 nitrogen and oxygen atoms in total. The topological polar surface area (TPSA) is 48.9 Å². The molecule has 29 heavy (non-hydrogen) atoms. The average Bonchev–Trinajstić information content (AvgIpc) is 3.11. The fourth-order valence-electron chi connectivity index (χ4n) is 3.68. The van der Waals surface area contributed by atoms with Crippen molar-refractivity contribution >= 4 is 29.9 Å². The van der Waals surface area contributed by atoms with Gasteiger partial charge in [0, 0.05) is 25.7 Å². The molecular formula is C19H27F4IN4O. The summed E-state index contributed by atoms with van der Waals surface area (Å²) in [6.07, 6.45) is -2.25. The van der Waals surface area contributed by atoms with Crippen LogP contribution in [-0.4, -0.2) is 55.8 Å². The van der Waals surface area contributed by atoms with Gasteiger partial charge in [0.15, 0.2) is 5.96 Å². The molecule has 2 heterocycles. The number of nitrogens with zero attached hydrogens (tertiary/aromatic N) is 2. The van der Waals surface area contributed by atoms with E-state index in [1.54, 1.807) is 0 Å². The van der Waals surface area contributed by atoms with Crippen molar-refractivity contribution in [2.24, 2.45) is 4.99 Å². The van der Waals surface area contributed by atoms with Gasteiger partial charge in [-0.3, -0.25) is 4.90 Å². The van der Waals surface area contributed by atoms with Crippen molar-refractivity contribution in [3.8, 4) is 0 Å². The van der Waals surface area contributed by atoms with Crippen LogP contribution in [0.3, 0.4) is 0 Å². The van der Waals surface area contributed by atoms with Gasteiger partial charge in [-0.1, -0.05) is 6.07 Å². The number of morpholine rings is 1. The maximum Gasteiger partial charge on any atom is 0.416 e. The van der Waals surface area contributed by atoms with Crippen LogP contribution in [0.15, 0.2) is 23.2 Å². The van der Waals surface area contributed by atoms with E-state index in [2.05, 4.69) is 20.5 Å². The Labute approximate surface area is 185 Å². The molecule has 2 aliphatic heterocycles. The molecule has 2 atom stereocenters. The van der Waals surface area contributed by atoms with Crippen LogP contribution in [0, 0.1) is 5.82 Å². The molecule has 0 spiro atoms. The summed E-state index contributed by atoms with van der Waals surface area (Å²) >= 11 is 0. The molecule has 0 saturated carbocycles. The number of nitrogens with one attached hydrogen (secondary N) is 2. The van der Waals surface area contributed by atoms with Gasteiger partial charge in [0.1, 0.15) is 5.82 Å². The summed E-state index contributed by atoms with van der Waals surface area (Å²) in [4.78, 5) is 6.67. The van der Waals surface area contributed by atoms with Crippen molar-refractivity contribution in [2.45, 2.75) is 44.6 Å². The van der Waals surface area contributed by atoms with Gasteiger partial charge in [0.05, 0.1) is 24.8 Å². The number of hydrogen-bond acceptors (Lipinski definition) is 3. The lowest BCUT2D eigenvalue weighted by atomic mass is 10.1. The van der Waals surface area contributed by atoms with E-state index < -0.39 is 17.6 Å². The van der Waals surface area contributed by atoms with Crippen LogP contribution in [0.1, 0.15) is 30.9 Å². The lowest BCUT2D eigenvalue weighted by molar-refractivity contribution is -0.138. The van der Waals surface area contributed by atoms with Crippen LogP contribution in [0.2, 0.25) is 0 Å².